The van der Waals surface area contributed by atoms with Crippen LogP contribution in [0.5, 0.6) is 11.5 Å². The lowest BCUT2D eigenvalue weighted by Crippen LogP contribution is -2.49. The SMILES string of the molecule is CCCCN(CCCC)C(=O)CN1CC(c2ccc3c(c2)OCO3)C(C(=O)O)C1C(C)OC. The highest BCUT2D eigenvalue weighted by Gasteiger charge is 2.49. The molecule has 1 amide bonds. The average molecular weight is 463 g/mol. The molecule has 184 valence electrons. The van der Waals surface area contributed by atoms with Crippen molar-refractivity contribution >= 4 is 11.9 Å². The van der Waals surface area contributed by atoms with Crippen LogP contribution in [-0.2, 0) is 14.3 Å². The summed E-state index contributed by atoms with van der Waals surface area (Å²) in [7, 11) is 1.59. The van der Waals surface area contributed by atoms with Crippen LogP contribution in [-0.4, -0.2) is 79.0 Å². The number of hydrogen-bond donors (Lipinski definition) is 1. The van der Waals surface area contributed by atoms with E-state index < -0.39 is 17.9 Å². The van der Waals surface area contributed by atoms with Gasteiger partial charge >= 0.3 is 5.97 Å². The summed E-state index contributed by atoms with van der Waals surface area (Å²) in [5, 5.41) is 10.2. The van der Waals surface area contributed by atoms with Gasteiger partial charge in [0.25, 0.3) is 0 Å². The first kappa shape index (κ1) is 25.3. The van der Waals surface area contributed by atoms with Crippen LogP contribution >= 0.6 is 0 Å². The van der Waals surface area contributed by atoms with Crippen LogP contribution in [0.4, 0.5) is 0 Å². The smallest absolute Gasteiger partial charge is 0.308 e. The Labute approximate surface area is 196 Å². The number of carbonyl (C=O) groups is 2. The van der Waals surface area contributed by atoms with Crippen LogP contribution in [0.25, 0.3) is 0 Å². The summed E-state index contributed by atoms with van der Waals surface area (Å²) in [5.41, 5.74) is 0.878. The van der Waals surface area contributed by atoms with Gasteiger partial charge in [0, 0.05) is 32.7 Å². The molecular weight excluding hydrogens is 424 g/mol. The van der Waals surface area contributed by atoms with Gasteiger partial charge in [0.05, 0.1) is 24.6 Å². The lowest BCUT2D eigenvalue weighted by molar-refractivity contribution is -0.145. The maximum Gasteiger partial charge on any atom is 0.308 e. The van der Waals surface area contributed by atoms with Gasteiger partial charge in [-0.05, 0) is 37.5 Å². The molecule has 0 bridgehead atoms. The van der Waals surface area contributed by atoms with Crippen molar-refractivity contribution in [1.82, 2.24) is 9.80 Å². The summed E-state index contributed by atoms with van der Waals surface area (Å²) in [4.78, 5) is 29.7. The second-order valence-corrected chi connectivity index (χ2v) is 9.03. The fourth-order valence-electron chi connectivity index (χ4n) is 4.96. The zero-order valence-electron chi connectivity index (χ0n) is 20.3. The number of ether oxygens (including phenoxy) is 3. The van der Waals surface area contributed by atoms with Gasteiger partial charge in [-0.15, -0.1) is 0 Å². The number of carboxylic acid groups (broad SMARTS) is 1. The first-order valence-corrected chi connectivity index (χ1v) is 12.1. The molecule has 8 heteroatoms. The van der Waals surface area contributed by atoms with Crippen LogP contribution in [0.15, 0.2) is 18.2 Å². The molecule has 1 fully saturated rings. The molecular formula is C25H38N2O6. The molecule has 1 N–H and O–H groups in total. The van der Waals surface area contributed by atoms with E-state index in [1.165, 1.54) is 0 Å². The number of carbonyl (C=O) groups excluding carboxylic acids is 1. The number of fused-ring (bicyclic) bond motifs is 1. The highest BCUT2D eigenvalue weighted by Crippen LogP contribution is 2.43. The quantitative estimate of drug-likeness (QED) is 0.510. The van der Waals surface area contributed by atoms with Crippen LogP contribution in [0.3, 0.4) is 0 Å². The van der Waals surface area contributed by atoms with E-state index in [-0.39, 0.29) is 31.3 Å². The molecule has 0 aromatic heterocycles. The first-order chi connectivity index (χ1) is 15.9. The molecule has 0 spiro atoms. The molecule has 1 aromatic carbocycles. The second-order valence-electron chi connectivity index (χ2n) is 9.03. The van der Waals surface area contributed by atoms with Gasteiger partial charge in [0.1, 0.15) is 0 Å². The average Bonchev–Trinajstić information content (AvgIpc) is 3.42. The lowest BCUT2D eigenvalue weighted by Gasteiger charge is -2.32. The third-order valence-electron chi connectivity index (χ3n) is 6.87. The second kappa shape index (κ2) is 11.7. The number of hydrogen-bond acceptors (Lipinski definition) is 6. The van der Waals surface area contributed by atoms with Crippen LogP contribution in [0, 0.1) is 5.92 Å². The van der Waals surface area contributed by atoms with E-state index in [1.807, 2.05) is 34.9 Å². The van der Waals surface area contributed by atoms with Crippen molar-refractivity contribution in [3.63, 3.8) is 0 Å². The maximum absolute atomic E-state index is 13.3. The summed E-state index contributed by atoms with van der Waals surface area (Å²) in [6.45, 7) is 8.42. The van der Waals surface area contributed by atoms with E-state index in [9.17, 15) is 14.7 Å². The van der Waals surface area contributed by atoms with Crippen molar-refractivity contribution < 1.29 is 28.9 Å². The van der Waals surface area contributed by atoms with Gasteiger partial charge in [-0.1, -0.05) is 32.8 Å². The molecule has 3 rings (SSSR count). The summed E-state index contributed by atoms with van der Waals surface area (Å²) >= 11 is 0. The molecule has 1 aromatic rings. The Kier molecular flexibility index (Phi) is 8.97. The maximum atomic E-state index is 13.3. The van der Waals surface area contributed by atoms with Gasteiger partial charge in [0.15, 0.2) is 11.5 Å². The molecule has 1 saturated heterocycles. The van der Waals surface area contributed by atoms with Crippen LogP contribution < -0.4 is 9.47 Å². The zero-order valence-corrected chi connectivity index (χ0v) is 20.3. The molecule has 4 unspecified atom stereocenters. The zero-order chi connectivity index (χ0) is 24.0. The molecule has 33 heavy (non-hydrogen) atoms. The number of amides is 1. The van der Waals surface area contributed by atoms with Gasteiger partial charge in [0.2, 0.25) is 12.7 Å². The molecule has 2 aliphatic rings. The minimum Gasteiger partial charge on any atom is -0.481 e. The van der Waals surface area contributed by atoms with E-state index in [0.717, 1.165) is 44.3 Å². The number of carboxylic acids is 1. The van der Waals surface area contributed by atoms with Crippen molar-refractivity contribution in [2.45, 2.75) is 64.5 Å². The Bertz CT molecular complexity index is 808. The number of rotatable bonds is 12. The van der Waals surface area contributed by atoms with Gasteiger partial charge in [-0.25, -0.2) is 0 Å². The van der Waals surface area contributed by atoms with Crippen molar-refractivity contribution in [3.05, 3.63) is 23.8 Å². The molecule has 8 nitrogen and oxygen atoms in total. The summed E-state index contributed by atoms with van der Waals surface area (Å²) in [6.07, 6.45) is 3.64. The molecule has 0 radical (unpaired) electrons. The molecule has 4 atom stereocenters. The predicted octanol–water partition coefficient (Wildman–Crippen LogP) is 3.35. The van der Waals surface area contributed by atoms with Gasteiger partial charge in [-0.2, -0.15) is 0 Å². The minimum absolute atomic E-state index is 0.0562. The number of unbranched alkanes of at least 4 members (excludes halogenated alkanes) is 2. The summed E-state index contributed by atoms with van der Waals surface area (Å²) in [5.74, 6) is -0.510. The van der Waals surface area contributed by atoms with Crippen LogP contribution in [0.2, 0.25) is 0 Å². The summed E-state index contributed by atoms with van der Waals surface area (Å²) in [6, 6.07) is 5.20. The minimum atomic E-state index is -0.879. The van der Waals surface area contributed by atoms with Crippen molar-refractivity contribution in [2.24, 2.45) is 5.92 Å². The van der Waals surface area contributed by atoms with Crippen LogP contribution in [0.1, 0.15) is 57.9 Å². The summed E-state index contributed by atoms with van der Waals surface area (Å²) < 4.78 is 16.5. The van der Waals surface area contributed by atoms with Gasteiger partial charge in [-0.3, -0.25) is 14.5 Å². The lowest BCUT2D eigenvalue weighted by atomic mass is 9.83. The Morgan fingerprint density at radius 3 is 2.45 bits per heavy atom. The number of benzene rings is 1. The third-order valence-corrected chi connectivity index (χ3v) is 6.87. The standard InChI is InChI=1S/C25H38N2O6/c1-5-7-11-26(12-8-6-2)22(28)15-27-14-19(23(25(29)30)24(27)17(3)31-4)18-9-10-20-21(13-18)33-16-32-20/h9-10,13,17,19,23-24H,5-8,11-12,14-16H2,1-4H3,(H,29,30). The van der Waals surface area contributed by atoms with Crippen molar-refractivity contribution in [2.75, 3.05) is 40.1 Å². The Balaban J connectivity index is 1.86. The van der Waals surface area contributed by atoms with Crippen molar-refractivity contribution in [3.8, 4) is 11.5 Å². The van der Waals surface area contributed by atoms with E-state index in [4.69, 9.17) is 14.2 Å². The van der Waals surface area contributed by atoms with E-state index in [0.29, 0.717) is 18.0 Å². The Morgan fingerprint density at radius 2 is 1.85 bits per heavy atom. The third kappa shape index (κ3) is 5.79. The number of aliphatic carboxylic acids is 1. The molecule has 2 aliphatic heterocycles. The van der Waals surface area contributed by atoms with E-state index in [1.54, 1.807) is 7.11 Å². The predicted molar refractivity (Wildman–Crippen MR) is 125 cm³/mol. The van der Waals surface area contributed by atoms with Crippen molar-refractivity contribution in [1.29, 1.82) is 0 Å². The van der Waals surface area contributed by atoms with E-state index in [2.05, 4.69) is 13.8 Å². The highest BCUT2D eigenvalue weighted by atomic mass is 16.7. The molecule has 0 saturated carbocycles. The normalized spacial score (nSPS) is 23.0. The molecule has 2 heterocycles. The van der Waals surface area contributed by atoms with Gasteiger partial charge < -0.3 is 24.2 Å². The topological polar surface area (TPSA) is 88.5 Å². The largest absolute Gasteiger partial charge is 0.481 e. The highest BCUT2D eigenvalue weighted by molar-refractivity contribution is 5.79. The number of nitrogens with zero attached hydrogens (tertiary/aromatic N) is 2. The monoisotopic (exact) mass is 462 g/mol. The van der Waals surface area contributed by atoms with E-state index >= 15 is 0 Å². The number of likely N-dealkylation sites (tertiary alicyclic amines) is 1. The molecule has 0 aliphatic carbocycles. The first-order valence-electron chi connectivity index (χ1n) is 12.1. The fraction of sp³-hybridized carbons (Fsp3) is 0.680. The fourth-order valence-corrected chi connectivity index (χ4v) is 4.96. The Morgan fingerprint density at radius 1 is 1.18 bits per heavy atom. The number of methoxy groups -OCH3 is 1. The Hall–Kier alpha value is -2.32.